The van der Waals surface area contributed by atoms with Gasteiger partial charge in [-0.1, -0.05) is 6.07 Å². The second-order valence-corrected chi connectivity index (χ2v) is 6.03. The van der Waals surface area contributed by atoms with Crippen LogP contribution in [0.1, 0.15) is 30.1 Å². The molecule has 1 amide bonds. The number of rotatable bonds is 4. The van der Waals surface area contributed by atoms with E-state index in [0.29, 0.717) is 23.0 Å². The van der Waals surface area contributed by atoms with Gasteiger partial charge >= 0.3 is 0 Å². The Kier molecular flexibility index (Phi) is 5.34. The topological polar surface area (TPSA) is 38.8 Å². The van der Waals surface area contributed by atoms with E-state index < -0.39 is 0 Å². The van der Waals surface area contributed by atoms with Crippen LogP contribution in [0.2, 0.25) is 0 Å². The van der Waals surface area contributed by atoms with Crippen LogP contribution in [0.15, 0.2) is 18.2 Å². The molecule has 5 heteroatoms. The van der Waals surface area contributed by atoms with Crippen LogP contribution in [0, 0.1) is 5.92 Å². The maximum absolute atomic E-state index is 12.8. The van der Waals surface area contributed by atoms with E-state index in [1.807, 2.05) is 17.9 Å². The Morgan fingerprint density at radius 2 is 1.76 bits per heavy atom. The zero-order valence-electron chi connectivity index (χ0n) is 12.8. The molecule has 21 heavy (non-hydrogen) atoms. The molecule has 1 aromatic rings. The number of benzene rings is 1. The van der Waals surface area contributed by atoms with Gasteiger partial charge in [-0.2, -0.15) is 0 Å². The highest BCUT2D eigenvalue weighted by molar-refractivity contribution is 6.20. The first kappa shape index (κ1) is 16.0. The predicted molar refractivity (Wildman–Crippen MR) is 83.5 cm³/mol. The molecule has 0 aromatic heterocycles. The number of piperidine rings is 1. The molecule has 4 nitrogen and oxygen atoms in total. The Morgan fingerprint density at radius 1 is 1.24 bits per heavy atom. The number of methoxy groups -OCH3 is 2. The molecule has 1 heterocycles. The number of alkyl halides is 1. The highest BCUT2D eigenvalue weighted by Crippen LogP contribution is 2.31. The summed E-state index contributed by atoms with van der Waals surface area (Å²) in [7, 11) is 3.12. The minimum atomic E-state index is -0.0371. The number of nitrogens with zero attached hydrogens (tertiary/aromatic N) is 1. The normalized spacial score (nSPS) is 17.4. The van der Waals surface area contributed by atoms with Gasteiger partial charge in [-0.3, -0.25) is 4.79 Å². The first-order valence-corrected chi connectivity index (χ1v) is 7.66. The van der Waals surface area contributed by atoms with Gasteiger partial charge in [-0.15, -0.1) is 11.6 Å². The van der Waals surface area contributed by atoms with Gasteiger partial charge in [0.05, 0.1) is 14.2 Å². The van der Waals surface area contributed by atoms with Gasteiger partial charge in [0, 0.05) is 18.5 Å². The van der Waals surface area contributed by atoms with Gasteiger partial charge in [-0.25, -0.2) is 0 Å². The minimum absolute atomic E-state index is 0.0371. The van der Waals surface area contributed by atoms with Gasteiger partial charge in [0.2, 0.25) is 0 Å². The average molecular weight is 312 g/mol. The van der Waals surface area contributed by atoms with Crippen LogP contribution in [0.4, 0.5) is 0 Å². The van der Waals surface area contributed by atoms with Crippen LogP contribution in [-0.2, 0) is 0 Å². The van der Waals surface area contributed by atoms with E-state index >= 15 is 0 Å². The van der Waals surface area contributed by atoms with Crippen LogP contribution in [-0.4, -0.2) is 43.5 Å². The molecule has 1 aliphatic rings. The maximum atomic E-state index is 12.8. The Hall–Kier alpha value is -1.42. The summed E-state index contributed by atoms with van der Waals surface area (Å²) in [6, 6.07) is 5.38. The molecule has 116 valence electrons. The summed E-state index contributed by atoms with van der Waals surface area (Å²) in [5, 5.41) is 0.156. The second kappa shape index (κ2) is 7.03. The molecule has 0 radical (unpaired) electrons. The molecule has 1 atom stereocenters. The summed E-state index contributed by atoms with van der Waals surface area (Å²) in [6.45, 7) is 3.47. The van der Waals surface area contributed by atoms with E-state index in [2.05, 4.69) is 0 Å². The lowest BCUT2D eigenvalue weighted by Gasteiger charge is -2.33. The highest BCUT2D eigenvalue weighted by Gasteiger charge is 2.29. The molecule has 0 saturated carbocycles. The molecule has 0 spiro atoms. The molecular formula is C16H22ClNO3. The molecule has 1 fully saturated rings. The lowest BCUT2D eigenvalue weighted by molar-refractivity contribution is 0.0683. The van der Waals surface area contributed by atoms with Gasteiger partial charge in [0.25, 0.3) is 5.91 Å². The number of hydrogen-bond acceptors (Lipinski definition) is 3. The van der Waals surface area contributed by atoms with Crippen molar-refractivity contribution >= 4 is 17.5 Å². The molecular weight excluding hydrogens is 290 g/mol. The molecule has 2 rings (SSSR count). The third-order valence-corrected chi connectivity index (χ3v) is 4.47. The van der Waals surface area contributed by atoms with Crippen LogP contribution in [0.25, 0.3) is 0 Å². The van der Waals surface area contributed by atoms with Crippen molar-refractivity contribution in [3.63, 3.8) is 0 Å². The number of amides is 1. The Bertz CT molecular complexity index is 474. The smallest absolute Gasteiger partial charge is 0.261 e. The summed E-state index contributed by atoms with van der Waals surface area (Å²) in [4.78, 5) is 14.6. The lowest BCUT2D eigenvalue weighted by atomic mass is 9.93. The maximum Gasteiger partial charge on any atom is 0.261 e. The number of carbonyl (C=O) groups excluding carboxylic acids is 1. The van der Waals surface area contributed by atoms with Crippen molar-refractivity contribution in [1.82, 2.24) is 4.90 Å². The Balaban J connectivity index is 2.18. The Morgan fingerprint density at radius 3 is 2.19 bits per heavy atom. The zero-order chi connectivity index (χ0) is 15.4. The van der Waals surface area contributed by atoms with Gasteiger partial charge < -0.3 is 14.4 Å². The molecule has 1 aromatic carbocycles. The van der Waals surface area contributed by atoms with E-state index in [1.165, 1.54) is 0 Å². The van der Waals surface area contributed by atoms with Crippen molar-refractivity contribution in [2.45, 2.75) is 25.1 Å². The summed E-state index contributed by atoms with van der Waals surface area (Å²) < 4.78 is 10.6. The Labute approximate surface area is 131 Å². The van der Waals surface area contributed by atoms with Crippen molar-refractivity contribution in [3.05, 3.63) is 23.8 Å². The number of ether oxygens (including phenoxy) is 2. The van der Waals surface area contributed by atoms with E-state index in [-0.39, 0.29) is 11.3 Å². The van der Waals surface area contributed by atoms with Crippen LogP contribution in [0.3, 0.4) is 0 Å². The highest BCUT2D eigenvalue weighted by atomic mass is 35.5. The van der Waals surface area contributed by atoms with Crippen LogP contribution < -0.4 is 9.47 Å². The zero-order valence-corrected chi connectivity index (χ0v) is 13.5. The third-order valence-electron chi connectivity index (χ3n) is 4.12. The van der Waals surface area contributed by atoms with E-state index in [0.717, 1.165) is 25.9 Å². The standard InChI is InChI=1S/C16H22ClNO3/c1-11(17)12-7-9-18(10-8-12)16(19)15-13(20-2)5-4-6-14(15)21-3/h4-6,11-12H,7-10H2,1-3H3. The van der Waals surface area contributed by atoms with Crippen LogP contribution >= 0.6 is 11.6 Å². The van der Waals surface area contributed by atoms with Crippen molar-refractivity contribution in [1.29, 1.82) is 0 Å². The predicted octanol–water partition coefficient (Wildman–Crippen LogP) is 3.18. The molecule has 0 N–H and O–H groups in total. The van der Waals surface area contributed by atoms with E-state index in [1.54, 1.807) is 26.4 Å². The molecule has 1 unspecified atom stereocenters. The van der Waals surface area contributed by atoms with Gasteiger partial charge in [-0.05, 0) is 37.8 Å². The summed E-state index contributed by atoms with van der Waals surface area (Å²) in [6.07, 6.45) is 1.88. The summed E-state index contributed by atoms with van der Waals surface area (Å²) in [5.41, 5.74) is 0.500. The summed E-state index contributed by atoms with van der Waals surface area (Å²) in [5.74, 6) is 1.54. The van der Waals surface area contributed by atoms with E-state index in [9.17, 15) is 4.79 Å². The third kappa shape index (κ3) is 3.43. The lowest BCUT2D eigenvalue weighted by Crippen LogP contribution is -2.40. The summed E-state index contributed by atoms with van der Waals surface area (Å²) >= 11 is 6.15. The quantitative estimate of drug-likeness (QED) is 0.802. The molecule has 1 saturated heterocycles. The molecule has 0 aliphatic carbocycles. The van der Waals surface area contributed by atoms with Crippen molar-refractivity contribution in [3.8, 4) is 11.5 Å². The molecule has 0 bridgehead atoms. The number of likely N-dealkylation sites (tertiary alicyclic amines) is 1. The first-order valence-electron chi connectivity index (χ1n) is 7.22. The van der Waals surface area contributed by atoms with Crippen molar-refractivity contribution in [2.24, 2.45) is 5.92 Å². The second-order valence-electron chi connectivity index (χ2n) is 5.34. The molecule has 1 aliphatic heterocycles. The first-order chi connectivity index (χ1) is 10.1. The fraction of sp³-hybridized carbons (Fsp3) is 0.562. The number of carbonyl (C=O) groups is 1. The fourth-order valence-electron chi connectivity index (χ4n) is 2.78. The van der Waals surface area contributed by atoms with Gasteiger partial charge in [0.1, 0.15) is 17.1 Å². The van der Waals surface area contributed by atoms with E-state index in [4.69, 9.17) is 21.1 Å². The van der Waals surface area contributed by atoms with Crippen molar-refractivity contribution in [2.75, 3.05) is 27.3 Å². The SMILES string of the molecule is COc1cccc(OC)c1C(=O)N1CCC(C(C)Cl)CC1. The number of halogens is 1. The minimum Gasteiger partial charge on any atom is -0.496 e. The van der Waals surface area contributed by atoms with Crippen LogP contribution in [0.5, 0.6) is 11.5 Å². The van der Waals surface area contributed by atoms with Crippen molar-refractivity contribution < 1.29 is 14.3 Å². The number of hydrogen-bond donors (Lipinski definition) is 0. The average Bonchev–Trinajstić information content (AvgIpc) is 2.53. The van der Waals surface area contributed by atoms with Gasteiger partial charge in [0.15, 0.2) is 0 Å². The largest absolute Gasteiger partial charge is 0.496 e. The monoisotopic (exact) mass is 311 g/mol. The fourth-order valence-corrected chi connectivity index (χ4v) is 3.03.